The molecule has 1 heterocycles. The first-order chi connectivity index (χ1) is 7.75. The monoisotopic (exact) mass is 283 g/mol. The third-order valence-electron chi connectivity index (χ3n) is 3.08. The lowest BCUT2D eigenvalue weighted by atomic mass is 9.97. The van der Waals surface area contributed by atoms with Gasteiger partial charge in [-0.25, -0.2) is 0 Å². The van der Waals surface area contributed by atoms with E-state index in [1.807, 2.05) is 0 Å². The first-order valence-corrected chi connectivity index (χ1v) is 6.66. The zero-order chi connectivity index (χ0) is 11.4. The van der Waals surface area contributed by atoms with Crippen molar-refractivity contribution in [3.8, 4) is 0 Å². The standard InChI is InChI=1S/C13H18BrNO/c14-11-6-4-10(5-7-11)9-12(15)13-3-1-2-8-16-13/h4-7,12-13H,1-3,8-9,15H2. The highest BCUT2D eigenvalue weighted by Gasteiger charge is 2.21. The lowest BCUT2D eigenvalue weighted by Crippen LogP contribution is -2.40. The van der Waals surface area contributed by atoms with Gasteiger partial charge < -0.3 is 10.5 Å². The van der Waals surface area contributed by atoms with Crippen LogP contribution in [0.25, 0.3) is 0 Å². The number of ether oxygens (including phenoxy) is 1. The Hall–Kier alpha value is -0.380. The summed E-state index contributed by atoms with van der Waals surface area (Å²) in [5, 5.41) is 0. The van der Waals surface area contributed by atoms with Crippen molar-refractivity contribution in [1.82, 2.24) is 0 Å². The van der Waals surface area contributed by atoms with Gasteiger partial charge in [0.1, 0.15) is 0 Å². The molecule has 0 aromatic heterocycles. The van der Waals surface area contributed by atoms with E-state index in [0.29, 0.717) is 0 Å². The average Bonchev–Trinajstić information content (AvgIpc) is 2.33. The number of hydrogen-bond donors (Lipinski definition) is 1. The number of hydrogen-bond acceptors (Lipinski definition) is 2. The molecule has 0 spiro atoms. The predicted molar refractivity (Wildman–Crippen MR) is 69.4 cm³/mol. The first-order valence-electron chi connectivity index (χ1n) is 5.87. The second-order valence-corrected chi connectivity index (χ2v) is 5.32. The van der Waals surface area contributed by atoms with Crippen LogP contribution in [0.3, 0.4) is 0 Å². The molecule has 0 aliphatic carbocycles. The number of benzene rings is 1. The van der Waals surface area contributed by atoms with Crippen LogP contribution in [0.4, 0.5) is 0 Å². The summed E-state index contributed by atoms with van der Waals surface area (Å²) in [5.41, 5.74) is 7.46. The Morgan fingerprint density at radius 1 is 1.31 bits per heavy atom. The van der Waals surface area contributed by atoms with Gasteiger partial charge in [0.2, 0.25) is 0 Å². The highest BCUT2D eigenvalue weighted by Crippen LogP contribution is 2.18. The Kier molecular flexibility index (Phi) is 4.38. The van der Waals surface area contributed by atoms with Crippen molar-refractivity contribution in [3.63, 3.8) is 0 Å². The molecule has 16 heavy (non-hydrogen) atoms. The second kappa shape index (κ2) is 5.80. The van der Waals surface area contributed by atoms with Crippen molar-refractivity contribution in [2.45, 2.75) is 37.8 Å². The first kappa shape index (κ1) is 12.1. The minimum absolute atomic E-state index is 0.126. The third-order valence-corrected chi connectivity index (χ3v) is 3.61. The quantitative estimate of drug-likeness (QED) is 0.926. The van der Waals surface area contributed by atoms with Crippen LogP contribution in [0.15, 0.2) is 28.7 Å². The molecule has 3 heteroatoms. The fourth-order valence-electron chi connectivity index (χ4n) is 2.13. The molecular formula is C13H18BrNO. The molecule has 2 nitrogen and oxygen atoms in total. The molecule has 1 aliphatic heterocycles. The summed E-state index contributed by atoms with van der Waals surface area (Å²) in [7, 11) is 0. The van der Waals surface area contributed by atoms with E-state index in [1.165, 1.54) is 18.4 Å². The lowest BCUT2D eigenvalue weighted by molar-refractivity contribution is 0.000635. The minimum Gasteiger partial charge on any atom is -0.377 e. The summed E-state index contributed by atoms with van der Waals surface area (Å²) in [6.07, 6.45) is 4.69. The molecule has 88 valence electrons. The van der Waals surface area contributed by atoms with Gasteiger partial charge in [-0.05, 0) is 43.4 Å². The van der Waals surface area contributed by atoms with Crippen molar-refractivity contribution in [2.24, 2.45) is 5.73 Å². The highest BCUT2D eigenvalue weighted by atomic mass is 79.9. The average molecular weight is 284 g/mol. The van der Waals surface area contributed by atoms with Gasteiger partial charge in [0.05, 0.1) is 6.10 Å². The second-order valence-electron chi connectivity index (χ2n) is 4.40. The van der Waals surface area contributed by atoms with E-state index in [1.54, 1.807) is 0 Å². The van der Waals surface area contributed by atoms with Crippen LogP contribution in [-0.2, 0) is 11.2 Å². The van der Waals surface area contributed by atoms with E-state index in [9.17, 15) is 0 Å². The maximum absolute atomic E-state index is 6.18. The van der Waals surface area contributed by atoms with Gasteiger partial charge in [0.15, 0.2) is 0 Å². The van der Waals surface area contributed by atoms with Crippen LogP contribution >= 0.6 is 15.9 Å². The zero-order valence-corrected chi connectivity index (χ0v) is 10.9. The van der Waals surface area contributed by atoms with E-state index >= 15 is 0 Å². The van der Waals surface area contributed by atoms with Gasteiger partial charge >= 0.3 is 0 Å². The molecule has 1 aromatic carbocycles. The van der Waals surface area contributed by atoms with Crippen molar-refractivity contribution in [2.75, 3.05) is 6.61 Å². The molecular weight excluding hydrogens is 266 g/mol. The largest absolute Gasteiger partial charge is 0.377 e. The van der Waals surface area contributed by atoms with Crippen LogP contribution in [0.1, 0.15) is 24.8 Å². The fraction of sp³-hybridized carbons (Fsp3) is 0.538. The van der Waals surface area contributed by atoms with Crippen LogP contribution in [0.2, 0.25) is 0 Å². The summed E-state index contributed by atoms with van der Waals surface area (Å²) >= 11 is 3.43. The van der Waals surface area contributed by atoms with Crippen LogP contribution in [-0.4, -0.2) is 18.8 Å². The SMILES string of the molecule is NC(Cc1ccc(Br)cc1)C1CCCCO1. The summed E-state index contributed by atoms with van der Waals surface area (Å²) < 4.78 is 6.81. The zero-order valence-electron chi connectivity index (χ0n) is 9.36. The molecule has 2 unspecified atom stereocenters. The predicted octanol–water partition coefficient (Wildman–Crippen LogP) is 2.89. The molecule has 0 saturated carbocycles. The molecule has 0 radical (unpaired) electrons. The van der Waals surface area contributed by atoms with Gasteiger partial charge in [-0.2, -0.15) is 0 Å². The molecule has 2 rings (SSSR count). The Morgan fingerprint density at radius 2 is 2.06 bits per heavy atom. The normalized spacial score (nSPS) is 23.0. The lowest BCUT2D eigenvalue weighted by Gasteiger charge is -2.28. The summed E-state index contributed by atoms with van der Waals surface area (Å²) in [6, 6.07) is 8.48. The highest BCUT2D eigenvalue weighted by molar-refractivity contribution is 9.10. The molecule has 1 aliphatic rings. The third kappa shape index (κ3) is 3.30. The van der Waals surface area contributed by atoms with E-state index in [2.05, 4.69) is 40.2 Å². The maximum Gasteiger partial charge on any atom is 0.0729 e. The van der Waals surface area contributed by atoms with E-state index < -0.39 is 0 Å². The molecule has 1 fully saturated rings. The van der Waals surface area contributed by atoms with Crippen molar-refractivity contribution >= 4 is 15.9 Å². The van der Waals surface area contributed by atoms with Crippen molar-refractivity contribution in [3.05, 3.63) is 34.3 Å². The Bertz CT molecular complexity index is 319. The van der Waals surface area contributed by atoms with Crippen LogP contribution in [0, 0.1) is 0 Å². The van der Waals surface area contributed by atoms with Gasteiger partial charge in [0, 0.05) is 17.1 Å². The minimum atomic E-state index is 0.126. The summed E-state index contributed by atoms with van der Waals surface area (Å²) in [4.78, 5) is 0. The molecule has 0 amide bonds. The van der Waals surface area contributed by atoms with E-state index in [-0.39, 0.29) is 12.1 Å². The molecule has 1 saturated heterocycles. The maximum atomic E-state index is 6.18. The molecule has 2 atom stereocenters. The molecule has 0 bridgehead atoms. The number of rotatable bonds is 3. The van der Waals surface area contributed by atoms with Gasteiger partial charge in [-0.15, -0.1) is 0 Å². The number of halogens is 1. The van der Waals surface area contributed by atoms with Gasteiger partial charge in [-0.3, -0.25) is 0 Å². The van der Waals surface area contributed by atoms with Gasteiger partial charge in [0.25, 0.3) is 0 Å². The molecule has 2 N–H and O–H groups in total. The number of nitrogens with two attached hydrogens (primary N) is 1. The Balaban J connectivity index is 1.90. The topological polar surface area (TPSA) is 35.2 Å². The van der Waals surface area contributed by atoms with Crippen LogP contribution < -0.4 is 5.73 Å². The Morgan fingerprint density at radius 3 is 2.69 bits per heavy atom. The summed E-state index contributed by atoms with van der Waals surface area (Å²) in [5.74, 6) is 0. The van der Waals surface area contributed by atoms with Gasteiger partial charge in [-0.1, -0.05) is 28.1 Å². The Labute approximate surface area is 105 Å². The fourth-order valence-corrected chi connectivity index (χ4v) is 2.39. The van der Waals surface area contributed by atoms with Crippen LogP contribution in [0.5, 0.6) is 0 Å². The van der Waals surface area contributed by atoms with E-state index in [0.717, 1.165) is 23.9 Å². The summed E-state index contributed by atoms with van der Waals surface area (Å²) in [6.45, 7) is 0.874. The smallest absolute Gasteiger partial charge is 0.0729 e. The van der Waals surface area contributed by atoms with Crippen molar-refractivity contribution < 1.29 is 4.74 Å². The van der Waals surface area contributed by atoms with Crippen molar-refractivity contribution in [1.29, 1.82) is 0 Å². The molecule has 1 aromatic rings. The van der Waals surface area contributed by atoms with E-state index in [4.69, 9.17) is 10.5 Å².